The molecular formula is C17H16F3N3S. The van der Waals surface area contributed by atoms with Crippen molar-refractivity contribution in [1.29, 1.82) is 0 Å². The molecule has 0 amide bonds. The molecule has 0 bridgehead atoms. The monoisotopic (exact) mass is 351 g/mol. The Morgan fingerprint density at radius 2 is 2.04 bits per heavy atom. The molecule has 1 aromatic heterocycles. The standard InChI is InChI=1S/C17H16F3N3S/c1-10-6-11(2)15(24-9-17(18,19)20)13-8-22-16(23-14(10)13)12-4-3-5-21-7-12/h3-7H,8-9H2,1-2H3,(H,22,23). The number of nitrogens with zero attached hydrogens (tertiary/aromatic N) is 2. The first-order valence-electron chi connectivity index (χ1n) is 7.39. The molecular weight excluding hydrogens is 335 g/mol. The molecule has 1 N–H and O–H groups in total. The number of alkyl halides is 3. The van der Waals surface area contributed by atoms with Gasteiger partial charge in [0, 0.05) is 34.1 Å². The summed E-state index contributed by atoms with van der Waals surface area (Å²) >= 11 is 0.828. The third-order valence-electron chi connectivity index (χ3n) is 3.72. The summed E-state index contributed by atoms with van der Waals surface area (Å²) in [7, 11) is 0. The second kappa shape index (κ2) is 6.47. The van der Waals surface area contributed by atoms with Crippen LogP contribution in [0.25, 0.3) is 0 Å². The lowest BCUT2D eigenvalue weighted by molar-refractivity contribution is -0.105. The van der Waals surface area contributed by atoms with E-state index in [9.17, 15) is 13.2 Å². The van der Waals surface area contributed by atoms with Crippen molar-refractivity contribution in [3.63, 3.8) is 0 Å². The summed E-state index contributed by atoms with van der Waals surface area (Å²) in [6, 6.07) is 5.63. The van der Waals surface area contributed by atoms with E-state index in [-0.39, 0.29) is 0 Å². The minimum absolute atomic E-state index is 0.356. The zero-order chi connectivity index (χ0) is 17.3. The Bertz CT molecular complexity index is 786. The predicted molar refractivity (Wildman–Crippen MR) is 90.8 cm³/mol. The highest BCUT2D eigenvalue weighted by molar-refractivity contribution is 7.99. The second-order valence-corrected chi connectivity index (χ2v) is 6.61. The van der Waals surface area contributed by atoms with Gasteiger partial charge in [-0.15, -0.1) is 11.8 Å². The number of aromatic nitrogens is 1. The van der Waals surface area contributed by atoms with Crippen molar-refractivity contribution in [2.24, 2.45) is 4.99 Å². The van der Waals surface area contributed by atoms with Gasteiger partial charge in [0.1, 0.15) is 5.84 Å². The third kappa shape index (κ3) is 3.56. The van der Waals surface area contributed by atoms with Gasteiger partial charge in [-0.2, -0.15) is 13.2 Å². The van der Waals surface area contributed by atoms with Gasteiger partial charge in [-0.3, -0.25) is 9.98 Å². The molecule has 2 heterocycles. The third-order valence-corrected chi connectivity index (χ3v) is 5.04. The van der Waals surface area contributed by atoms with Crippen LogP contribution < -0.4 is 5.32 Å². The Hall–Kier alpha value is -2.02. The number of thioether (sulfide) groups is 1. The van der Waals surface area contributed by atoms with E-state index in [1.54, 1.807) is 12.4 Å². The molecule has 0 saturated heterocycles. The lowest BCUT2D eigenvalue weighted by Gasteiger charge is -2.24. The number of fused-ring (bicyclic) bond motifs is 1. The molecule has 126 valence electrons. The first-order valence-corrected chi connectivity index (χ1v) is 8.38. The average Bonchev–Trinajstić information content (AvgIpc) is 2.54. The highest BCUT2D eigenvalue weighted by atomic mass is 32.2. The van der Waals surface area contributed by atoms with E-state index in [2.05, 4.69) is 15.3 Å². The van der Waals surface area contributed by atoms with Crippen molar-refractivity contribution < 1.29 is 13.2 Å². The Morgan fingerprint density at radius 1 is 1.25 bits per heavy atom. The van der Waals surface area contributed by atoms with Gasteiger partial charge in [0.2, 0.25) is 0 Å². The summed E-state index contributed by atoms with van der Waals surface area (Å²) in [5.41, 5.74) is 4.37. The number of anilines is 1. The van der Waals surface area contributed by atoms with Crippen LogP contribution in [0.4, 0.5) is 18.9 Å². The summed E-state index contributed by atoms with van der Waals surface area (Å²) in [6.07, 6.45) is -0.803. The molecule has 0 saturated carbocycles. The molecule has 1 aliphatic heterocycles. The summed E-state index contributed by atoms with van der Waals surface area (Å²) in [5.74, 6) is -0.211. The van der Waals surface area contributed by atoms with Crippen LogP contribution in [0.15, 0.2) is 40.5 Å². The molecule has 7 heteroatoms. The number of rotatable bonds is 3. The SMILES string of the molecule is Cc1cc(C)c(SCC(F)(F)F)c2c1NC(c1cccnc1)=NC2. The molecule has 0 radical (unpaired) electrons. The first-order chi connectivity index (χ1) is 11.3. The molecule has 1 aliphatic rings. The molecule has 0 atom stereocenters. The fraction of sp³-hybridized carbons (Fsp3) is 0.294. The van der Waals surface area contributed by atoms with Crippen LogP contribution in [0, 0.1) is 13.8 Å². The summed E-state index contributed by atoms with van der Waals surface area (Å²) in [5, 5.41) is 3.26. The Balaban J connectivity index is 1.95. The van der Waals surface area contributed by atoms with Gasteiger partial charge in [-0.25, -0.2) is 0 Å². The van der Waals surface area contributed by atoms with Crippen LogP contribution in [0.5, 0.6) is 0 Å². The summed E-state index contributed by atoms with van der Waals surface area (Å²) in [4.78, 5) is 9.24. The number of halogens is 3. The van der Waals surface area contributed by atoms with E-state index in [1.807, 2.05) is 32.0 Å². The van der Waals surface area contributed by atoms with Gasteiger partial charge in [0.25, 0.3) is 0 Å². The average molecular weight is 351 g/mol. The van der Waals surface area contributed by atoms with E-state index < -0.39 is 11.9 Å². The zero-order valence-electron chi connectivity index (χ0n) is 13.2. The minimum atomic E-state index is -4.19. The van der Waals surface area contributed by atoms with Gasteiger partial charge in [-0.05, 0) is 37.1 Å². The van der Waals surface area contributed by atoms with Crippen LogP contribution in [-0.2, 0) is 6.54 Å². The van der Waals surface area contributed by atoms with Crippen molar-refractivity contribution in [2.75, 3.05) is 11.1 Å². The van der Waals surface area contributed by atoms with E-state index in [0.717, 1.165) is 39.7 Å². The lowest BCUT2D eigenvalue weighted by atomic mass is 10.0. The fourth-order valence-corrected chi connectivity index (χ4v) is 3.65. The molecule has 3 rings (SSSR count). The zero-order valence-corrected chi connectivity index (χ0v) is 14.1. The van der Waals surface area contributed by atoms with Crippen molar-refractivity contribution in [3.05, 3.63) is 52.8 Å². The van der Waals surface area contributed by atoms with Crippen molar-refractivity contribution in [2.45, 2.75) is 31.5 Å². The first kappa shape index (κ1) is 16.8. The lowest BCUT2D eigenvalue weighted by Crippen LogP contribution is -2.21. The molecule has 0 spiro atoms. The molecule has 0 fully saturated rings. The maximum atomic E-state index is 12.6. The van der Waals surface area contributed by atoms with Crippen molar-refractivity contribution in [1.82, 2.24) is 4.98 Å². The van der Waals surface area contributed by atoms with Crippen LogP contribution in [-0.4, -0.2) is 22.7 Å². The topological polar surface area (TPSA) is 37.3 Å². The van der Waals surface area contributed by atoms with Crippen LogP contribution in [0.2, 0.25) is 0 Å². The van der Waals surface area contributed by atoms with Gasteiger partial charge in [-0.1, -0.05) is 6.07 Å². The smallest absolute Gasteiger partial charge is 0.339 e. The van der Waals surface area contributed by atoms with Gasteiger partial charge >= 0.3 is 6.18 Å². The Labute approximate surface area is 142 Å². The number of hydrogen-bond acceptors (Lipinski definition) is 4. The Morgan fingerprint density at radius 3 is 2.71 bits per heavy atom. The fourth-order valence-electron chi connectivity index (χ4n) is 2.71. The quantitative estimate of drug-likeness (QED) is 0.813. The van der Waals surface area contributed by atoms with Crippen molar-refractivity contribution in [3.8, 4) is 0 Å². The number of hydrogen-bond donors (Lipinski definition) is 1. The number of nitrogens with one attached hydrogen (secondary N) is 1. The Kier molecular flexibility index (Phi) is 4.54. The second-order valence-electron chi connectivity index (χ2n) is 5.63. The van der Waals surface area contributed by atoms with Crippen LogP contribution >= 0.6 is 11.8 Å². The number of aryl methyl sites for hydroxylation is 2. The van der Waals surface area contributed by atoms with Crippen LogP contribution in [0.3, 0.4) is 0 Å². The van der Waals surface area contributed by atoms with Gasteiger partial charge < -0.3 is 5.32 Å². The maximum Gasteiger partial charge on any atom is 0.398 e. The van der Waals surface area contributed by atoms with Crippen molar-refractivity contribution >= 4 is 23.3 Å². The maximum absolute atomic E-state index is 12.6. The molecule has 1 aromatic carbocycles. The highest BCUT2D eigenvalue weighted by Crippen LogP contribution is 2.39. The number of benzene rings is 1. The minimum Gasteiger partial charge on any atom is -0.339 e. The predicted octanol–water partition coefficient (Wildman–Crippen LogP) is 4.73. The van der Waals surface area contributed by atoms with E-state index >= 15 is 0 Å². The van der Waals surface area contributed by atoms with E-state index in [1.165, 1.54) is 0 Å². The highest BCUT2D eigenvalue weighted by Gasteiger charge is 2.29. The van der Waals surface area contributed by atoms with Gasteiger partial charge in [0.15, 0.2) is 0 Å². The van der Waals surface area contributed by atoms with Gasteiger partial charge in [0.05, 0.1) is 12.3 Å². The van der Waals surface area contributed by atoms with E-state index in [0.29, 0.717) is 17.3 Å². The molecule has 2 aromatic rings. The summed E-state index contributed by atoms with van der Waals surface area (Å²) in [6.45, 7) is 4.14. The molecule has 0 aliphatic carbocycles. The van der Waals surface area contributed by atoms with Crippen LogP contribution in [0.1, 0.15) is 22.3 Å². The molecule has 0 unspecified atom stereocenters. The van der Waals surface area contributed by atoms with E-state index in [4.69, 9.17) is 0 Å². The molecule has 3 nitrogen and oxygen atoms in total. The largest absolute Gasteiger partial charge is 0.398 e. The number of aliphatic imine (C=N–C) groups is 1. The summed E-state index contributed by atoms with van der Waals surface area (Å²) < 4.78 is 37.8. The normalized spacial score (nSPS) is 14.0. The molecule has 24 heavy (non-hydrogen) atoms. The number of pyridine rings is 1. The number of amidine groups is 1.